The van der Waals surface area contributed by atoms with E-state index in [4.69, 9.17) is 4.74 Å². The fourth-order valence-electron chi connectivity index (χ4n) is 3.23. The van der Waals surface area contributed by atoms with Crippen LogP contribution in [0.15, 0.2) is 48.5 Å². The largest absolute Gasteiger partial charge is 0.446 e. The lowest BCUT2D eigenvalue weighted by Gasteiger charge is -2.20. The molecule has 0 spiro atoms. The van der Waals surface area contributed by atoms with Gasteiger partial charge < -0.3 is 15.4 Å². The van der Waals surface area contributed by atoms with Crippen molar-refractivity contribution in [2.45, 2.75) is 39.3 Å². The van der Waals surface area contributed by atoms with Crippen molar-refractivity contribution in [3.63, 3.8) is 0 Å². The topological polar surface area (TPSA) is 105 Å². The molecule has 8 nitrogen and oxygen atoms in total. The third-order valence-electron chi connectivity index (χ3n) is 4.97. The summed E-state index contributed by atoms with van der Waals surface area (Å²) in [5, 5.41) is 5.30. The van der Waals surface area contributed by atoms with Crippen molar-refractivity contribution < 1.29 is 23.9 Å². The van der Waals surface area contributed by atoms with Crippen LogP contribution in [0.5, 0.6) is 0 Å². The first-order valence-corrected chi connectivity index (χ1v) is 9.85. The fourth-order valence-corrected chi connectivity index (χ4v) is 3.23. The van der Waals surface area contributed by atoms with Gasteiger partial charge in [0.25, 0.3) is 11.8 Å². The van der Waals surface area contributed by atoms with Crippen LogP contribution < -0.4 is 10.6 Å². The highest BCUT2D eigenvalue weighted by Gasteiger charge is 2.45. The van der Waals surface area contributed by atoms with Gasteiger partial charge in [-0.05, 0) is 44.9 Å². The first-order valence-electron chi connectivity index (χ1n) is 9.85. The predicted octanol–water partition coefficient (Wildman–Crippen LogP) is 2.86. The highest BCUT2D eigenvalue weighted by molar-refractivity contribution is 6.08. The van der Waals surface area contributed by atoms with Crippen molar-refractivity contribution >= 4 is 29.5 Å². The Morgan fingerprint density at radius 3 is 2.39 bits per heavy atom. The number of amides is 4. The third kappa shape index (κ3) is 4.91. The van der Waals surface area contributed by atoms with E-state index in [1.807, 2.05) is 32.0 Å². The minimum Gasteiger partial charge on any atom is -0.446 e. The molecule has 1 aliphatic heterocycles. The van der Waals surface area contributed by atoms with E-state index in [9.17, 15) is 19.2 Å². The van der Waals surface area contributed by atoms with Gasteiger partial charge in [-0.25, -0.2) is 4.79 Å². The molecule has 4 amide bonds. The lowest BCUT2D eigenvalue weighted by atomic mass is 10.1. The molecule has 0 aromatic heterocycles. The Balaban J connectivity index is 1.79. The predicted molar refractivity (Wildman–Crippen MR) is 114 cm³/mol. The summed E-state index contributed by atoms with van der Waals surface area (Å²) in [4.78, 5) is 50.8. The first kappa shape index (κ1) is 22.0. The van der Waals surface area contributed by atoms with Gasteiger partial charge in [0.2, 0.25) is 6.10 Å². The van der Waals surface area contributed by atoms with Crippen LogP contribution in [0, 0.1) is 13.8 Å². The molecule has 0 unspecified atom stereocenters. The van der Waals surface area contributed by atoms with Crippen LogP contribution in [0.4, 0.5) is 10.5 Å². The van der Waals surface area contributed by atoms with Gasteiger partial charge in [-0.2, -0.15) is 0 Å². The molecule has 3 rings (SSSR count). The number of hydrogen-bond donors (Lipinski definition) is 2. The fraction of sp³-hybridized carbons (Fsp3) is 0.304. The lowest BCUT2D eigenvalue weighted by molar-refractivity contribution is -0.156. The second-order valence-electron chi connectivity index (χ2n) is 8.03. The third-order valence-corrected chi connectivity index (χ3v) is 4.97. The van der Waals surface area contributed by atoms with Crippen molar-refractivity contribution in [2.75, 3.05) is 11.9 Å². The number of benzene rings is 2. The van der Waals surface area contributed by atoms with Crippen LogP contribution in [0.3, 0.4) is 0 Å². The van der Waals surface area contributed by atoms with Crippen molar-refractivity contribution in [2.24, 2.45) is 0 Å². The Labute approximate surface area is 180 Å². The molecule has 1 heterocycles. The molecule has 31 heavy (non-hydrogen) atoms. The van der Waals surface area contributed by atoms with Crippen molar-refractivity contribution in [3.8, 4) is 0 Å². The first-order chi connectivity index (χ1) is 14.6. The number of urea groups is 1. The van der Waals surface area contributed by atoms with E-state index in [1.54, 1.807) is 44.2 Å². The maximum absolute atomic E-state index is 13.0. The van der Waals surface area contributed by atoms with E-state index in [0.717, 1.165) is 16.0 Å². The number of esters is 1. The smallest absolute Gasteiger partial charge is 0.327 e. The summed E-state index contributed by atoms with van der Waals surface area (Å²) in [5.41, 5.74) is 1.80. The van der Waals surface area contributed by atoms with E-state index in [-0.39, 0.29) is 0 Å². The molecule has 0 radical (unpaired) electrons. The average molecular weight is 423 g/mol. The quantitative estimate of drug-likeness (QED) is 0.549. The maximum Gasteiger partial charge on any atom is 0.327 e. The van der Waals surface area contributed by atoms with E-state index < -0.39 is 42.0 Å². The molecule has 1 atom stereocenters. The molecule has 1 fully saturated rings. The molecular formula is C23H25N3O5. The number of ether oxygens (including phenoxy) is 1. The lowest BCUT2D eigenvalue weighted by Crippen LogP contribution is -2.41. The Morgan fingerprint density at radius 1 is 1.10 bits per heavy atom. The van der Waals surface area contributed by atoms with Crippen LogP contribution in [0.25, 0.3) is 0 Å². The minimum atomic E-state index is -1.25. The zero-order valence-electron chi connectivity index (χ0n) is 17.9. The summed E-state index contributed by atoms with van der Waals surface area (Å²) in [7, 11) is 0. The van der Waals surface area contributed by atoms with Crippen LogP contribution in [0.1, 0.15) is 36.6 Å². The maximum atomic E-state index is 13.0. The molecule has 0 aliphatic carbocycles. The van der Waals surface area contributed by atoms with Crippen LogP contribution in [-0.2, 0) is 19.1 Å². The van der Waals surface area contributed by atoms with Gasteiger partial charge in [0.1, 0.15) is 12.1 Å². The van der Waals surface area contributed by atoms with Gasteiger partial charge >= 0.3 is 12.0 Å². The number of aryl methyl sites for hydroxylation is 2. The summed E-state index contributed by atoms with van der Waals surface area (Å²) < 4.78 is 5.44. The van der Waals surface area contributed by atoms with Gasteiger partial charge in [-0.15, -0.1) is 0 Å². The van der Waals surface area contributed by atoms with Crippen molar-refractivity contribution in [1.29, 1.82) is 0 Å². The number of carbonyl (C=O) groups is 4. The molecule has 8 heteroatoms. The molecule has 1 aliphatic rings. The molecule has 162 valence electrons. The minimum absolute atomic E-state index is 0.469. The number of carbonyl (C=O) groups excluding carboxylic acids is 4. The number of anilines is 1. The number of hydrogen-bond acceptors (Lipinski definition) is 5. The Bertz CT molecular complexity index is 1030. The van der Waals surface area contributed by atoms with Crippen LogP contribution in [0.2, 0.25) is 0 Å². The second kappa shape index (κ2) is 8.59. The molecule has 2 aromatic rings. The summed E-state index contributed by atoms with van der Waals surface area (Å²) in [5.74, 6) is -1.94. The normalized spacial score (nSPS) is 15.9. The zero-order chi connectivity index (χ0) is 22.8. The van der Waals surface area contributed by atoms with Gasteiger partial charge in [-0.3, -0.25) is 19.3 Å². The van der Waals surface area contributed by atoms with Crippen LogP contribution >= 0.6 is 0 Å². The highest BCUT2D eigenvalue weighted by atomic mass is 16.5. The summed E-state index contributed by atoms with van der Waals surface area (Å²) >= 11 is 0. The standard InChI is InChI=1S/C23H25N3O5/c1-14-10-11-15(2)17(12-14)24-20(28)19(16-8-6-5-7-9-16)31-18(27)13-26-21(29)23(3,4)25-22(26)30/h5-12,19H,13H2,1-4H3,(H,24,28)(H,25,30)/t19-/m0/s1. The van der Waals surface area contributed by atoms with Gasteiger partial charge in [0.05, 0.1) is 0 Å². The van der Waals surface area contributed by atoms with Crippen LogP contribution in [-0.4, -0.2) is 40.8 Å². The highest BCUT2D eigenvalue weighted by Crippen LogP contribution is 2.23. The number of nitrogens with one attached hydrogen (secondary N) is 2. The Morgan fingerprint density at radius 2 is 1.77 bits per heavy atom. The number of nitrogens with zero attached hydrogens (tertiary/aromatic N) is 1. The monoisotopic (exact) mass is 423 g/mol. The summed E-state index contributed by atoms with van der Waals surface area (Å²) in [6.45, 7) is 6.27. The van der Waals surface area contributed by atoms with E-state index in [2.05, 4.69) is 10.6 Å². The van der Waals surface area contributed by atoms with Crippen molar-refractivity contribution in [1.82, 2.24) is 10.2 Å². The second-order valence-corrected chi connectivity index (χ2v) is 8.03. The van der Waals surface area contributed by atoms with Gasteiger partial charge in [0, 0.05) is 11.3 Å². The molecular weight excluding hydrogens is 398 g/mol. The number of rotatable bonds is 6. The average Bonchev–Trinajstić information content (AvgIpc) is 2.91. The number of imide groups is 1. The molecule has 2 aromatic carbocycles. The van der Waals surface area contributed by atoms with Crippen molar-refractivity contribution in [3.05, 3.63) is 65.2 Å². The van der Waals surface area contributed by atoms with Gasteiger partial charge in [-0.1, -0.05) is 42.5 Å². The summed E-state index contributed by atoms with van der Waals surface area (Å²) in [6, 6.07) is 13.5. The molecule has 2 N–H and O–H groups in total. The summed E-state index contributed by atoms with van der Waals surface area (Å²) in [6.07, 6.45) is -1.25. The Kier molecular flexibility index (Phi) is 6.10. The van der Waals surface area contributed by atoms with E-state index >= 15 is 0 Å². The van der Waals surface area contributed by atoms with E-state index in [1.165, 1.54) is 0 Å². The van der Waals surface area contributed by atoms with E-state index in [0.29, 0.717) is 11.3 Å². The Hall–Kier alpha value is -3.68. The SMILES string of the molecule is Cc1ccc(C)c(NC(=O)[C@@H](OC(=O)CN2C(=O)NC(C)(C)C2=O)c2ccccc2)c1. The molecule has 1 saturated heterocycles. The van der Waals surface area contributed by atoms with Gasteiger partial charge in [0.15, 0.2) is 0 Å². The zero-order valence-corrected chi connectivity index (χ0v) is 17.9. The molecule has 0 bridgehead atoms. The molecule has 0 saturated carbocycles.